The molecule has 0 saturated heterocycles. The van der Waals surface area contributed by atoms with Gasteiger partial charge < -0.3 is 16.2 Å². The van der Waals surface area contributed by atoms with E-state index in [1.807, 2.05) is 0 Å². The van der Waals surface area contributed by atoms with Crippen LogP contribution in [0.25, 0.3) is 0 Å². The van der Waals surface area contributed by atoms with Gasteiger partial charge in [-0.15, -0.1) is 0 Å². The molecule has 0 aliphatic carbocycles. The summed E-state index contributed by atoms with van der Waals surface area (Å²) in [5.74, 6) is -2.61. The number of aromatic nitrogens is 1. The molecule has 1 aromatic rings. The van der Waals surface area contributed by atoms with Crippen molar-refractivity contribution in [2.24, 2.45) is 11.7 Å². The standard InChI is InChI=1S/C12H15N3O4/c1-6(2)9(10(13)16)15-11(17)7-3-4-14-8(5-7)12(18)19/h3-6,9H,1-2H3,(H2,13,16)(H,15,17)(H,18,19). The molecule has 0 saturated carbocycles. The first kappa shape index (κ1) is 14.6. The molecule has 102 valence electrons. The van der Waals surface area contributed by atoms with Gasteiger partial charge >= 0.3 is 5.97 Å². The van der Waals surface area contributed by atoms with Gasteiger partial charge in [-0.2, -0.15) is 0 Å². The first-order valence-corrected chi connectivity index (χ1v) is 5.62. The SMILES string of the molecule is CC(C)C(NC(=O)c1ccnc(C(=O)O)c1)C(N)=O. The Balaban J connectivity index is 2.91. The largest absolute Gasteiger partial charge is 0.477 e. The second-order valence-electron chi connectivity index (χ2n) is 4.33. The predicted octanol–water partition coefficient (Wildman–Crippen LogP) is 0.0195. The molecule has 0 spiro atoms. The van der Waals surface area contributed by atoms with Crippen LogP contribution < -0.4 is 11.1 Å². The molecule has 7 heteroatoms. The lowest BCUT2D eigenvalue weighted by Gasteiger charge is -2.18. The number of primary amides is 1. The van der Waals surface area contributed by atoms with Crippen LogP contribution in [0.1, 0.15) is 34.7 Å². The van der Waals surface area contributed by atoms with Crippen LogP contribution in [0.2, 0.25) is 0 Å². The fraction of sp³-hybridized carbons (Fsp3) is 0.333. The van der Waals surface area contributed by atoms with Gasteiger partial charge in [-0.25, -0.2) is 9.78 Å². The molecule has 1 unspecified atom stereocenters. The fourth-order valence-electron chi connectivity index (χ4n) is 1.48. The first-order valence-electron chi connectivity index (χ1n) is 5.62. The highest BCUT2D eigenvalue weighted by molar-refractivity contribution is 5.98. The van der Waals surface area contributed by atoms with Gasteiger partial charge in [0.25, 0.3) is 5.91 Å². The van der Waals surface area contributed by atoms with Crippen LogP contribution in [0.15, 0.2) is 18.3 Å². The van der Waals surface area contributed by atoms with Crippen LogP contribution in [-0.4, -0.2) is 33.9 Å². The van der Waals surface area contributed by atoms with Gasteiger partial charge in [-0.05, 0) is 18.1 Å². The van der Waals surface area contributed by atoms with E-state index in [9.17, 15) is 14.4 Å². The topological polar surface area (TPSA) is 122 Å². The maximum atomic E-state index is 11.9. The van der Waals surface area contributed by atoms with Crippen molar-refractivity contribution >= 4 is 17.8 Å². The Hall–Kier alpha value is -2.44. The summed E-state index contributed by atoms with van der Waals surface area (Å²) >= 11 is 0. The lowest BCUT2D eigenvalue weighted by atomic mass is 10.0. The van der Waals surface area contributed by atoms with Gasteiger partial charge in [0.15, 0.2) is 0 Å². The van der Waals surface area contributed by atoms with Crippen molar-refractivity contribution < 1.29 is 19.5 Å². The van der Waals surface area contributed by atoms with Gasteiger partial charge in [-0.1, -0.05) is 13.8 Å². The number of hydrogen-bond acceptors (Lipinski definition) is 4. The second-order valence-corrected chi connectivity index (χ2v) is 4.33. The van der Waals surface area contributed by atoms with Crippen molar-refractivity contribution in [2.75, 3.05) is 0 Å². The van der Waals surface area contributed by atoms with Crippen LogP contribution >= 0.6 is 0 Å². The molecule has 4 N–H and O–H groups in total. The summed E-state index contributed by atoms with van der Waals surface area (Å²) in [4.78, 5) is 37.4. The summed E-state index contributed by atoms with van der Waals surface area (Å²) < 4.78 is 0. The molecule has 1 heterocycles. The lowest BCUT2D eigenvalue weighted by molar-refractivity contribution is -0.120. The van der Waals surface area contributed by atoms with E-state index >= 15 is 0 Å². The molecule has 0 aliphatic rings. The van der Waals surface area contributed by atoms with Crippen molar-refractivity contribution in [3.05, 3.63) is 29.6 Å². The molecule has 1 aromatic heterocycles. The number of hydrogen-bond donors (Lipinski definition) is 3. The molecule has 0 radical (unpaired) electrons. The van der Waals surface area contributed by atoms with Crippen LogP contribution in [0.5, 0.6) is 0 Å². The summed E-state index contributed by atoms with van der Waals surface area (Å²) in [6.45, 7) is 3.48. The van der Waals surface area contributed by atoms with Crippen molar-refractivity contribution in [3.8, 4) is 0 Å². The fourth-order valence-corrected chi connectivity index (χ4v) is 1.48. The van der Waals surface area contributed by atoms with E-state index in [0.29, 0.717) is 0 Å². The minimum atomic E-state index is -1.23. The number of carbonyl (C=O) groups excluding carboxylic acids is 2. The Bertz CT molecular complexity index is 513. The molecule has 2 amide bonds. The highest BCUT2D eigenvalue weighted by Crippen LogP contribution is 2.06. The van der Waals surface area contributed by atoms with E-state index < -0.39 is 23.8 Å². The van der Waals surface area contributed by atoms with Crippen molar-refractivity contribution in [1.29, 1.82) is 0 Å². The van der Waals surface area contributed by atoms with E-state index in [2.05, 4.69) is 10.3 Å². The van der Waals surface area contributed by atoms with Gasteiger partial charge in [-0.3, -0.25) is 9.59 Å². The number of nitrogens with two attached hydrogens (primary N) is 1. The summed E-state index contributed by atoms with van der Waals surface area (Å²) in [7, 11) is 0. The number of carboxylic acid groups (broad SMARTS) is 1. The Morgan fingerprint density at radius 1 is 1.37 bits per heavy atom. The highest BCUT2D eigenvalue weighted by atomic mass is 16.4. The van der Waals surface area contributed by atoms with Crippen LogP contribution in [-0.2, 0) is 4.79 Å². The summed E-state index contributed by atoms with van der Waals surface area (Å²) in [5.41, 5.74) is 5.05. The van der Waals surface area contributed by atoms with E-state index in [1.54, 1.807) is 13.8 Å². The number of pyridine rings is 1. The highest BCUT2D eigenvalue weighted by Gasteiger charge is 2.22. The van der Waals surface area contributed by atoms with E-state index in [1.165, 1.54) is 12.3 Å². The molecule has 19 heavy (non-hydrogen) atoms. The number of rotatable bonds is 5. The molecule has 0 aliphatic heterocycles. The zero-order valence-electron chi connectivity index (χ0n) is 10.6. The summed E-state index contributed by atoms with van der Waals surface area (Å²) in [5, 5.41) is 11.2. The van der Waals surface area contributed by atoms with Gasteiger partial charge in [0.1, 0.15) is 11.7 Å². The van der Waals surface area contributed by atoms with Gasteiger partial charge in [0.2, 0.25) is 5.91 Å². The first-order chi connectivity index (χ1) is 8.82. The average molecular weight is 265 g/mol. The molecule has 1 rings (SSSR count). The van der Waals surface area contributed by atoms with Crippen molar-refractivity contribution in [2.45, 2.75) is 19.9 Å². The van der Waals surface area contributed by atoms with E-state index in [-0.39, 0.29) is 17.2 Å². The number of amides is 2. The second kappa shape index (κ2) is 5.94. The molecule has 0 aromatic carbocycles. The summed E-state index contributed by atoms with van der Waals surface area (Å²) in [6, 6.07) is 1.69. The third-order valence-corrected chi connectivity index (χ3v) is 2.50. The van der Waals surface area contributed by atoms with Gasteiger partial charge in [0.05, 0.1) is 0 Å². The minimum Gasteiger partial charge on any atom is -0.477 e. The summed E-state index contributed by atoms with van der Waals surface area (Å²) in [6.07, 6.45) is 1.22. The lowest BCUT2D eigenvalue weighted by Crippen LogP contribution is -2.47. The Morgan fingerprint density at radius 2 is 2.00 bits per heavy atom. The molecule has 0 fully saturated rings. The smallest absolute Gasteiger partial charge is 0.354 e. The Labute approximate surface area is 109 Å². The quantitative estimate of drug-likeness (QED) is 0.692. The molecular formula is C12H15N3O4. The number of carboxylic acids is 1. The Kier molecular flexibility index (Phi) is 4.57. The van der Waals surface area contributed by atoms with Crippen molar-refractivity contribution in [1.82, 2.24) is 10.3 Å². The van der Waals surface area contributed by atoms with Gasteiger partial charge in [0, 0.05) is 11.8 Å². The molecule has 7 nitrogen and oxygen atoms in total. The van der Waals surface area contributed by atoms with E-state index in [4.69, 9.17) is 10.8 Å². The zero-order chi connectivity index (χ0) is 14.6. The van der Waals surface area contributed by atoms with Crippen molar-refractivity contribution in [3.63, 3.8) is 0 Å². The normalized spacial score (nSPS) is 11.9. The number of nitrogens with zero attached hydrogens (tertiary/aromatic N) is 1. The number of nitrogens with one attached hydrogen (secondary N) is 1. The van der Waals surface area contributed by atoms with Crippen LogP contribution in [0, 0.1) is 5.92 Å². The maximum absolute atomic E-state index is 11.9. The van der Waals surface area contributed by atoms with Crippen LogP contribution in [0.4, 0.5) is 0 Å². The molecule has 0 bridgehead atoms. The average Bonchev–Trinajstić information content (AvgIpc) is 2.34. The minimum absolute atomic E-state index is 0.110. The monoisotopic (exact) mass is 265 g/mol. The number of aromatic carboxylic acids is 1. The van der Waals surface area contributed by atoms with Crippen LogP contribution in [0.3, 0.4) is 0 Å². The number of carbonyl (C=O) groups is 3. The third kappa shape index (κ3) is 3.77. The molecule has 1 atom stereocenters. The van der Waals surface area contributed by atoms with E-state index in [0.717, 1.165) is 6.07 Å². The predicted molar refractivity (Wildman–Crippen MR) is 66.5 cm³/mol. The third-order valence-electron chi connectivity index (χ3n) is 2.50. The maximum Gasteiger partial charge on any atom is 0.354 e. The Morgan fingerprint density at radius 3 is 2.47 bits per heavy atom. The zero-order valence-corrected chi connectivity index (χ0v) is 10.6. The molecular weight excluding hydrogens is 250 g/mol.